The molecule has 0 aliphatic carbocycles. The Morgan fingerprint density at radius 2 is 1.62 bits per heavy atom. The zero-order chi connectivity index (χ0) is 12.2. The highest BCUT2D eigenvalue weighted by atomic mass is 16.5. The van der Waals surface area contributed by atoms with Crippen molar-refractivity contribution < 1.29 is 14.9 Å². The summed E-state index contributed by atoms with van der Waals surface area (Å²) >= 11 is 0. The first-order valence-corrected chi connectivity index (χ1v) is 5.22. The van der Waals surface area contributed by atoms with Gasteiger partial charge in [0.2, 0.25) is 0 Å². The maximum absolute atomic E-state index is 8.09. The number of rotatable bonds is 5. The summed E-state index contributed by atoms with van der Waals surface area (Å²) in [6.07, 6.45) is 0. The van der Waals surface area contributed by atoms with Crippen molar-refractivity contribution in [3.63, 3.8) is 0 Å². The number of ether oxygens (including phenoxy) is 1. The molecule has 2 N–H and O–H groups in total. The van der Waals surface area contributed by atoms with E-state index in [-0.39, 0.29) is 13.2 Å². The molecule has 1 aromatic carbocycles. The molecule has 0 saturated carbocycles. The lowest BCUT2D eigenvalue weighted by Gasteiger charge is -1.94. The summed E-state index contributed by atoms with van der Waals surface area (Å²) in [5.41, 5.74) is 2.34. The highest BCUT2D eigenvalue weighted by Gasteiger charge is 1.86. The summed E-state index contributed by atoms with van der Waals surface area (Å²) in [4.78, 5) is 0. The van der Waals surface area contributed by atoms with Gasteiger partial charge in [0.25, 0.3) is 0 Å². The molecule has 1 rings (SSSR count). The van der Waals surface area contributed by atoms with Gasteiger partial charge in [-0.15, -0.1) is 0 Å². The smallest absolute Gasteiger partial charge is 0.0698 e. The molecular formula is C13H20O3. The van der Waals surface area contributed by atoms with Crippen LogP contribution >= 0.6 is 0 Å². The second-order valence-corrected chi connectivity index (χ2v) is 3.21. The Hall–Kier alpha value is -1.16. The van der Waals surface area contributed by atoms with Crippen molar-refractivity contribution in [2.75, 3.05) is 26.4 Å². The lowest BCUT2D eigenvalue weighted by atomic mass is 10.1. The van der Waals surface area contributed by atoms with E-state index in [2.05, 4.69) is 23.4 Å². The quantitative estimate of drug-likeness (QED) is 0.748. The van der Waals surface area contributed by atoms with E-state index in [9.17, 15) is 0 Å². The molecule has 3 nitrogen and oxygen atoms in total. The standard InChI is InChI=1S/C9H10.C4H10O3/c1-8(2)9-6-4-3-5-7-9;5-1-3-7-4-2-6/h3-7H,1H2,2H3;5-6H,1-4H2. The minimum absolute atomic E-state index is 0.0278. The molecule has 16 heavy (non-hydrogen) atoms. The van der Waals surface area contributed by atoms with Gasteiger partial charge in [-0.25, -0.2) is 0 Å². The minimum atomic E-state index is 0.0278. The topological polar surface area (TPSA) is 49.7 Å². The normalized spacial score (nSPS) is 9.19. The number of allylic oxidation sites excluding steroid dienone is 1. The van der Waals surface area contributed by atoms with E-state index >= 15 is 0 Å². The van der Waals surface area contributed by atoms with Crippen LogP contribution in [0.4, 0.5) is 0 Å². The predicted molar refractivity (Wildman–Crippen MR) is 66.1 cm³/mol. The van der Waals surface area contributed by atoms with Crippen molar-refractivity contribution >= 4 is 5.57 Å². The van der Waals surface area contributed by atoms with Gasteiger partial charge in [0.1, 0.15) is 0 Å². The van der Waals surface area contributed by atoms with Crippen LogP contribution in [0.2, 0.25) is 0 Å². The Labute approximate surface area is 97.0 Å². The maximum Gasteiger partial charge on any atom is 0.0698 e. The first-order valence-electron chi connectivity index (χ1n) is 5.22. The van der Waals surface area contributed by atoms with Gasteiger partial charge in [-0.05, 0) is 12.5 Å². The van der Waals surface area contributed by atoms with Gasteiger partial charge < -0.3 is 14.9 Å². The first-order chi connectivity index (χ1) is 7.72. The Kier molecular flexibility index (Phi) is 9.61. The third kappa shape index (κ3) is 8.17. The first kappa shape index (κ1) is 14.8. The Morgan fingerprint density at radius 3 is 1.94 bits per heavy atom. The monoisotopic (exact) mass is 224 g/mol. The van der Waals surface area contributed by atoms with E-state index in [1.54, 1.807) is 0 Å². The second-order valence-electron chi connectivity index (χ2n) is 3.21. The van der Waals surface area contributed by atoms with Crippen LogP contribution in [-0.4, -0.2) is 36.6 Å². The lowest BCUT2D eigenvalue weighted by molar-refractivity contribution is 0.0650. The highest BCUT2D eigenvalue weighted by molar-refractivity contribution is 5.60. The van der Waals surface area contributed by atoms with E-state index in [0.717, 1.165) is 5.57 Å². The van der Waals surface area contributed by atoms with E-state index in [4.69, 9.17) is 10.2 Å². The van der Waals surface area contributed by atoms with E-state index < -0.39 is 0 Å². The molecule has 0 radical (unpaired) electrons. The predicted octanol–water partition coefficient (Wildman–Crippen LogP) is 1.71. The van der Waals surface area contributed by atoms with Gasteiger partial charge in [-0.1, -0.05) is 42.5 Å². The zero-order valence-corrected chi connectivity index (χ0v) is 9.72. The fraction of sp³-hybridized carbons (Fsp3) is 0.385. The third-order valence-electron chi connectivity index (χ3n) is 1.74. The Bertz CT molecular complexity index is 266. The van der Waals surface area contributed by atoms with Crippen LogP contribution in [0.15, 0.2) is 36.9 Å². The molecule has 0 aliphatic rings. The van der Waals surface area contributed by atoms with Crippen LogP contribution in [0, 0.1) is 0 Å². The van der Waals surface area contributed by atoms with Crippen molar-refractivity contribution in [3.05, 3.63) is 42.5 Å². The van der Waals surface area contributed by atoms with E-state index in [1.807, 2.05) is 25.1 Å². The molecule has 0 spiro atoms. The van der Waals surface area contributed by atoms with Crippen molar-refractivity contribution in [3.8, 4) is 0 Å². The average molecular weight is 224 g/mol. The van der Waals surface area contributed by atoms with Crippen molar-refractivity contribution in [2.24, 2.45) is 0 Å². The van der Waals surface area contributed by atoms with Crippen LogP contribution in [-0.2, 0) is 4.74 Å². The Balaban J connectivity index is 0.000000293. The van der Waals surface area contributed by atoms with Crippen LogP contribution in [0.1, 0.15) is 12.5 Å². The van der Waals surface area contributed by atoms with Gasteiger partial charge in [-0.2, -0.15) is 0 Å². The lowest BCUT2D eigenvalue weighted by Crippen LogP contribution is -2.03. The number of hydrogen-bond donors (Lipinski definition) is 2. The molecule has 0 unspecified atom stereocenters. The summed E-state index contributed by atoms with van der Waals surface area (Å²) in [6.45, 7) is 6.53. The second kappa shape index (κ2) is 10.4. The van der Waals surface area contributed by atoms with Crippen LogP contribution in [0.5, 0.6) is 0 Å². The highest BCUT2D eigenvalue weighted by Crippen LogP contribution is 2.08. The number of hydrogen-bond acceptors (Lipinski definition) is 3. The fourth-order valence-corrected chi connectivity index (χ4v) is 0.954. The average Bonchev–Trinajstić information content (AvgIpc) is 2.32. The van der Waals surface area contributed by atoms with Gasteiger partial charge in [-0.3, -0.25) is 0 Å². The molecule has 90 valence electrons. The zero-order valence-electron chi connectivity index (χ0n) is 9.72. The minimum Gasteiger partial charge on any atom is -0.394 e. The molecule has 0 amide bonds. The van der Waals surface area contributed by atoms with Gasteiger partial charge in [0.15, 0.2) is 0 Å². The molecule has 0 fully saturated rings. The molecule has 0 bridgehead atoms. The van der Waals surface area contributed by atoms with Gasteiger partial charge >= 0.3 is 0 Å². The van der Waals surface area contributed by atoms with Gasteiger partial charge in [0, 0.05) is 0 Å². The Morgan fingerprint density at radius 1 is 1.12 bits per heavy atom. The van der Waals surface area contributed by atoms with Gasteiger partial charge in [0.05, 0.1) is 26.4 Å². The molecule has 3 heteroatoms. The number of aliphatic hydroxyl groups excluding tert-OH is 2. The summed E-state index contributed by atoms with van der Waals surface area (Å²) in [7, 11) is 0. The van der Waals surface area contributed by atoms with Crippen LogP contribution in [0.3, 0.4) is 0 Å². The van der Waals surface area contributed by atoms with E-state index in [1.165, 1.54) is 5.56 Å². The largest absolute Gasteiger partial charge is 0.394 e. The summed E-state index contributed by atoms with van der Waals surface area (Å²) in [6, 6.07) is 10.2. The van der Waals surface area contributed by atoms with Crippen molar-refractivity contribution in [1.82, 2.24) is 0 Å². The molecule has 0 heterocycles. The SMILES string of the molecule is C=C(C)c1ccccc1.OCCOCCO. The number of aliphatic hydroxyl groups is 2. The van der Waals surface area contributed by atoms with E-state index in [0.29, 0.717) is 13.2 Å². The molecule has 0 saturated heterocycles. The summed E-state index contributed by atoms with van der Waals surface area (Å²) < 4.78 is 4.63. The fourth-order valence-electron chi connectivity index (χ4n) is 0.954. The van der Waals surface area contributed by atoms with Crippen molar-refractivity contribution in [1.29, 1.82) is 0 Å². The summed E-state index contributed by atoms with van der Waals surface area (Å²) in [5, 5.41) is 16.2. The summed E-state index contributed by atoms with van der Waals surface area (Å²) in [5.74, 6) is 0. The third-order valence-corrected chi connectivity index (χ3v) is 1.74. The van der Waals surface area contributed by atoms with Crippen LogP contribution in [0.25, 0.3) is 5.57 Å². The van der Waals surface area contributed by atoms with Crippen molar-refractivity contribution in [2.45, 2.75) is 6.92 Å². The molecule has 0 aliphatic heterocycles. The molecule has 1 aromatic rings. The molecular weight excluding hydrogens is 204 g/mol. The van der Waals surface area contributed by atoms with Crippen LogP contribution < -0.4 is 0 Å². The maximum atomic E-state index is 8.09. The molecule has 0 atom stereocenters. The number of benzene rings is 1. The molecule has 0 aromatic heterocycles.